The lowest BCUT2D eigenvalue weighted by Gasteiger charge is -2.16. The number of likely N-dealkylation sites (tertiary alicyclic amines) is 1. The van der Waals surface area contributed by atoms with Gasteiger partial charge in [0.2, 0.25) is 0 Å². The van der Waals surface area contributed by atoms with Gasteiger partial charge in [-0.15, -0.1) is 0 Å². The number of hydrogen-bond donors (Lipinski definition) is 1. The summed E-state index contributed by atoms with van der Waals surface area (Å²) in [6, 6.07) is 2.61. The summed E-state index contributed by atoms with van der Waals surface area (Å²) in [5.41, 5.74) is 0. The molecule has 1 aliphatic heterocycles. The molecule has 0 spiro atoms. The SMILES string of the molecule is C[C@@H]1C[C@@H](Oc2ccc([N+](=O)[O-])nc2)CN1C(=O)O. The third kappa shape index (κ3) is 2.90. The Hall–Kier alpha value is -2.38. The summed E-state index contributed by atoms with van der Waals surface area (Å²) in [5.74, 6) is 0.148. The van der Waals surface area contributed by atoms with Crippen molar-refractivity contribution < 1.29 is 19.6 Å². The maximum absolute atomic E-state index is 10.9. The molecule has 102 valence electrons. The highest BCUT2D eigenvalue weighted by molar-refractivity contribution is 5.65. The molecule has 1 N–H and O–H groups in total. The molecule has 1 saturated heterocycles. The maximum atomic E-state index is 10.9. The van der Waals surface area contributed by atoms with Crippen molar-refractivity contribution in [1.82, 2.24) is 9.88 Å². The fourth-order valence-electron chi connectivity index (χ4n) is 2.08. The lowest BCUT2D eigenvalue weighted by atomic mass is 10.2. The largest absolute Gasteiger partial charge is 0.485 e. The van der Waals surface area contributed by atoms with Crippen molar-refractivity contribution in [3.8, 4) is 5.75 Å². The molecule has 0 saturated carbocycles. The summed E-state index contributed by atoms with van der Waals surface area (Å²) in [4.78, 5) is 25.7. The first-order chi connectivity index (χ1) is 8.97. The van der Waals surface area contributed by atoms with Crippen molar-refractivity contribution in [2.24, 2.45) is 0 Å². The van der Waals surface area contributed by atoms with Gasteiger partial charge in [0.25, 0.3) is 0 Å². The molecule has 2 atom stereocenters. The molecule has 1 fully saturated rings. The third-order valence-electron chi connectivity index (χ3n) is 2.99. The fourth-order valence-corrected chi connectivity index (χ4v) is 2.08. The Balaban J connectivity index is 1.99. The van der Waals surface area contributed by atoms with Crippen LogP contribution in [0.25, 0.3) is 0 Å². The van der Waals surface area contributed by atoms with Crippen molar-refractivity contribution in [2.75, 3.05) is 6.54 Å². The second kappa shape index (κ2) is 5.09. The summed E-state index contributed by atoms with van der Waals surface area (Å²) in [6.07, 6.45) is 0.630. The zero-order valence-electron chi connectivity index (χ0n) is 10.2. The minimum atomic E-state index is -0.972. The van der Waals surface area contributed by atoms with E-state index in [1.807, 2.05) is 6.92 Å². The molecule has 8 nitrogen and oxygen atoms in total. The number of carboxylic acid groups (broad SMARTS) is 1. The van der Waals surface area contributed by atoms with Crippen LogP contribution in [0.3, 0.4) is 0 Å². The van der Waals surface area contributed by atoms with E-state index >= 15 is 0 Å². The highest BCUT2D eigenvalue weighted by Gasteiger charge is 2.33. The van der Waals surface area contributed by atoms with E-state index in [-0.39, 0.29) is 24.5 Å². The van der Waals surface area contributed by atoms with Gasteiger partial charge in [-0.1, -0.05) is 0 Å². The number of rotatable bonds is 3. The van der Waals surface area contributed by atoms with E-state index in [4.69, 9.17) is 9.84 Å². The molecule has 0 unspecified atom stereocenters. The summed E-state index contributed by atoms with van der Waals surface area (Å²) in [7, 11) is 0. The second-order valence-electron chi connectivity index (χ2n) is 4.37. The minimum absolute atomic E-state index is 0.103. The van der Waals surface area contributed by atoms with Gasteiger partial charge in [-0.25, -0.2) is 4.79 Å². The molecule has 2 heterocycles. The van der Waals surface area contributed by atoms with E-state index in [2.05, 4.69) is 4.98 Å². The number of hydrogen-bond acceptors (Lipinski definition) is 5. The topological polar surface area (TPSA) is 106 Å². The lowest BCUT2D eigenvalue weighted by molar-refractivity contribution is -0.389. The van der Waals surface area contributed by atoms with Gasteiger partial charge in [0.05, 0.1) is 6.54 Å². The summed E-state index contributed by atoms with van der Waals surface area (Å²) >= 11 is 0. The van der Waals surface area contributed by atoms with Crippen molar-refractivity contribution >= 4 is 11.9 Å². The van der Waals surface area contributed by atoms with Gasteiger partial charge in [0.1, 0.15) is 6.10 Å². The van der Waals surface area contributed by atoms with Gasteiger partial charge in [-0.3, -0.25) is 0 Å². The van der Waals surface area contributed by atoms with Crippen LogP contribution >= 0.6 is 0 Å². The third-order valence-corrected chi connectivity index (χ3v) is 2.99. The smallest absolute Gasteiger partial charge is 0.407 e. The Kier molecular flexibility index (Phi) is 3.50. The van der Waals surface area contributed by atoms with Gasteiger partial charge >= 0.3 is 11.9 Å². The molecule has 0 aliphatic carbocycles. The summed E-state index contributed by atoms with van der Waals surface area (Å²) in [6.45, 7) is 2.10. The average Bonchev–Trinajstić information content (AvgIpc) is 2.71. The first-order valence-electron chi connectivity index (χ1n) is 5.74. The lowest BCUT2D eigenvalue weighted by Crippen LogP contribution is -2.33. The Morgan fingerprint density at radius 3 is 2.84 bits per heavy atom. The molecule has 8 heteroatoms. The summed E-state index contributed by atoms with van der Waals surface area (Å²) in [5, 5.41) is 19.4. The van der Waals surface area contributed by atoms with Crippen LogP contribution in [0.1, 0.15) is 13.3 Å². The number of aromatic nitrogens is 1. The normalized spacial score (nSPS) is 22.3. The van der Waals surface area contributed by atoms with Crippen molar-refractivity contribution in [2.45, 2.75) is 25.5 Å². The van der Waals surface area contributed by atoms with Crippen LogP contribution in [0, 0.1) is 10.1 Å². The van der Waals surface area contributed by atoms with E-state index in [9.17, 15) is 14.9 Å². The van der Waals surface area contributed by atoms with Gasteiger partial charge in [-0.2, -0.15) is 0 Å². The quantitative estimate of drug-likeness (QED) is 0.657. The summed E-state index contributed by atoms with van der Waals surface area (Å²) < 4.78 is 5.57. The molecular formula is C11H13N3O5. The number of carbonyl (C=O) groups is 1. The van der Waals surface area contributed by atoms with Crippen LogP contribution in [0.15, 0.2) is 18.3 Å². The molecule has 1 aromatic heterocycles. The molecule has 19 heavy (non-hydrogen) atoms. The number of nitro groups is 1. The predicted molar refractivity (Wildman–Crippen MR) is 64.1 cm³/mol. The Labute approximate surface area is 108 Å². The van der Waals surface area contributed by atoms with Crippen molar-refractivity contribution in [1.29, 1.82) is 0 Å². The zero-order valence-corrected chi connectivity index (χ0v) is 10.2. The molecule has 0 aromatic carbocycles. The molecule has 2 rings (SSSR count). The van der Waals surface area contributed by atoms with Gasteiger partial charge in [0.15, 0.2) is 11.9 Å². The van der Waals surface area contributed by atoms with Crippen LogP contribution in [0.5, 0.6) is 5.75 Å². The van der Waals surface area contributed by atoms with Crippen LogP contribution in [-0.4, -0.2) is 44.7 Å². The van der Waals surface area contributed by atoms with Crippen LogP contribution in [-0.2, 0) is 0 Å². The predicted octanol–water partition coefficient (Wildman–Crippen LogP) is 1.51. The van der Waals surface area contributed by atoms with E-state index in [0.717, 1.165) is 0 Å². The number of nitrogens with zero attached hydrogens (tertiary/aromatic N) is 3. The molecule has 0 bridgehead atoms. The fraction of sp³-hybridized carbons (Fsp3) is 0.455. The van der Waals surface area contributed by atoms with Gasteiger partial charge in [-0.05, 0) is 22.9 Å². The molecule has 1 aliphatic rings. The number of amides is 1. The van der Waals surface area contributed by atoms with Crippen molar-refractivity contribution in [3.63, 3.8) is 0 Å². The van der Waals surface area contributed by atoms with Crippen LogP contribution in [0.4, 0.5) is 10.6 Å². The molecule has 0 radical (unpaired) electrons. The van der Waals surface area contributed by atoms with E-state index in [1.165, 1.54) is 23.2 Å². The molecular weight excluding hydrogens is 254 g/mol. The molecule has 1 aromatic rings. The van der Waals surface area contributed by atoms with Gasteiger partial charge < -0.3 is 24.9 Å². The Bertz CT molecular complexity index is 490. The van der Waals surface area contributed by atoms with Crippen LogP contribution in [0.2, 0.25) is 0 Å². The van der Waals surface area contributed by atoms with Crippen LogP contribution < -0.4 is 4.74 Å². The highest BCUT2D eigenvalue weighted by Crippen LogP contribution is 2.23. The minimum Gasteiger partial charge on any atom is -0.485 e. The number of ether oxygens (including phenoxy) is 1. The zero-order chi connectivity index (χ0) is 14.0. The average molecular weight is 267 g/mol. The van der Waals surface area contributed by atoms with E-state index < -0.39 is 11.0 Å². The second-order valence-corrected chi connectivity index (χ2v) is 4.37. The monoisotopic (exact) mass is 267 g/mol. The standard InChI is InChI=1S/C11H13N3O5/c1-7-4-9(6-13(7)11(15)16)19-8-2-3-10(12-5-8)14(17)18/h2-3,5,7,9H,4,6H2,1H3,(H,15,16)/t7-,9-/m1/s1. The maximum Gasteiger partial charge on any atom is 0.407 e. The van der Waals surface area contributed by atoms with Crippen molar-refractivity contribution in [3.05, 3.63) is 28.4 Å². The first-order valence-corrected chi connectivity index (χ1v) is 5.74. The highest BCUT2D eigenvalue weighted by atomic mass is 16.6. The number of pyridine rings is 1. The first kappa shape index (κ1) is 13.1. The van der Waals surface area contributed by atoms with E-state index in [0.29, 0.717) is 12.2 Å². The van der Waals surface area contributed by atoms with E-state index in [1.54, 1.807) is 0 Å². The molecule has 1 amide bonds. The Morgan fingerprint density at radius 1 is 1.63 bits per heavy atom. The van der Waals surface area contributed by atoms with Gasteiger partial charge in [0, 0.05) is 18.5 Å². The Morgan fingerprint density at radius 2 is 2.37 bits per heavy atom.